The maximum absolute atomic E-state index is 6.12. The minimum atomic E-state index is 0.370. The van der Waals surface area contributed by atoms with E-state index in [0.717, 1.165) is 24.2 Å². The van der Waals surface area contributed by atoms with Crippen LogP contribution in [0.1, 0.15) is 38.6 Å². The largest absolute Gasteiger partial charge is 0.493 e. The molecule has 1 aliphatic carbocycles. The standard InChI is InChI=1S/C14H19N5O/c1-2-20-12-9-5-8-11(15)13(12)14-16-17-18-19(14)10-6-3-4-7-10/h5,8-10H,2-4,6-7,15H2,1H3. The number of nitrogens with two attached hydrogens (primary N) is 1. The van der Waals surface area contributed by atoms with Crippen LogP contribution in [0.4, 0.5) is 5.69 Å². The summed E-state index contributed by atoms with van der Waals surface area (Å²) in [5, 5.41) is 12.2. The highest BCUT2D eigenvalue weighted by atomic mass is 16.5. The molecule has 0 saturated heterocycles. The van der Waals surface area contributed by atoms with Crippen LogP contribution in [0.5, 0.6) is 5.75 Å². The highest BCUT2D eigenvalue weighted by molar-refractivity contribution is 5.77. The summed E-state index contributed by atoms with van der Waals surface area (Å²) in [6, 6.07) is 6.01. The van der Waals surface area contributed by atoms with E-state index in [0.29, 0.717) is 24.2 Å². The lowest BCUT2D eigenvalue weighted by atomic mass is 10.1. The molecule has 6 heteroatoms. The third-order valence-corrected chi connectivity index (χ3v) is 3.75. The molecule has 20 heavy (non-hydrogen) atoms. The van der Waals surface area contributed by atoms with Gasteiger partial charge in [-0.2, -0.15) is 0 Å². The summed E-state index contributed by atoms with van der Waals surface area (Å²) < 4.78 is 7.57. The van der Waals surface area contributed by atoms with Gasteiger partial charge in [-0.25, -0.2) is 4.68 Å². The molecule has 1 heterocycles. The van der Waals surface area contributed by atoms with Crippen LogP contribution >= 0.6 is 0 Å². The topological polar surface area (TPSA) is 78.8 Å². The molecule has 1 saturated carbocycles. The molecule has 0 atom stereocenters. The number of anilines is 1. The number of rotatable bonds is 4. The second-order valence-corrected chi connectivity index (χ2v) is 5.04. The van der Waals surface area contributed by atoms with Gasteiger partial charge in [-0.1, -0.05) is 18.9 Å². The number of hydrogen-bond acceptors (Lipinski definition) is 5. The average molecular weight is 273 g/mol. The van der Waals surface area contributed by atoms with E-state index in [1.165, 1.54) is 12.8 Å². The first-order valence-corrected chi connectivity index (χ1v) is 7.10. The first-order chi connectivity index (χ1) is 9.81. The second kappa shape index (κ2) is 5.48. The Morgan fingerprint density at radius 3 is 2.90 bits per heavy atom. The van der Waals surface area contributed by atoms with Crippen molar-refractivity contribution in [3.8, 4) is 17.1 Å². The van der Waals surface area contributed by atoms with E-state index in [1.807, 2.05) is 29.8 Å². The highest BCUT2D eigenvalue weighted by Crippen LogP contribution is 2.37. The van der Waals surface area contributed by atoms with E-state index >= 15 is 0 Å². The normalized spacial score (nSPS) is 15.7. The Hall–Kier alpha value is -2.11. The monoisotopic (exact) mass is 273 g/mol. The van der Waals surface area contributed by atoms with Crippen molar-refractivity contribution in [1.82, 2.24) is 20.2 Å². The Labute approximate surface area is 117 Å². The molecule has 106 valence electrons. The fourth-order valence-electron chi connectivity index (χ4n) is 2.82. The van der Waals surface area contributed by atoms with Crippen molar-refractivity contribution in [3.63, 3.8) is 0 Å². The molecule has 2 aromatic rings. The van der Waals surface area contributed by atoms with Crippen molar-refractivity contribution in [2.75, 3.05) is 12.3 Å². The van der Waals surface area contributed by atoms with Gasteiger partial charge in [-0.15, -0.1) is 5.10 Å². The molecule has 6 nitrogen and oxygen atoms in total. The van der Waals surface area contributed by atoms with E-state index in [4.69, 9.17) is 10.5 Å². The van der Waals surface area contributed by atoms with Crippen LogP contribution in [0.15, 0.2) is 18.2 Å². The molecular weight excluding hydrogens is 254 g/mol. The molecular formula is C14H19N5O. The zero-order valence-corrected chi connectivity index (χ0v) is 11.6. The molecule has 0 bridgehead atoms. The first-order valence-electron chi connectivity index (χ1n) is 7.10. The summed E-state index contributed by atoms with van der Waals surface area (Å²) in [6.45, 7) is 2.54. The van der Waals surface area contributed by atoms with E-state index < -0.39 is 0 Å². The van der Waals surface area contributed by atoms with Crippen molar-refractivity contribution in [2.24, 2.45) is 0 Å². The number of hydrogen-bond donors (Lipinski definition) is 1. The van der Waals surface area contributed by atoms with Crippen LogP contribution < -0.4 is 10.5 Å². The van der Waals surface area contributed by atoms with Crippen molar-refractivity contribution in [3.05, 3.63) is 18.2 Å². The van der Waals surface area contributed by atoms with Crippen LogP contribution in [0, 0.1) is 0 Å². The van der Waals surface area contributed by atoms with Crippen molar-refractivity contribution in [2.45, 2.75) is 38.6 Å². The van der Waals surface area contributed by atoms with Gasteiger partial charge in [0.2, 0.25) is 0 Å². The summed E-state index contributed by atoms with van der Waals surface area (Å²) in [5.74, 6) is 1.44. The summed E-state index contributed by atoms with van der Waals surface area (Å²) in [5.41, 5.74) is 7.56. The SMILES string of the molecule is CCOc1cccc(N)c1-c1nnnn1C1CCCC1. The van der Waals surface area contributed by atoms with Crippen molar-refractivity contribution in [1.29, 1.82) is 0 Å². The Morgan fingerprint density at radius 2 is 2.15 bits per heavy atom. The maximum atomic E-state index is 6.12. The van der Waals surface area contributed by atoms with Gasteiger partial charge in [-0.05, 0) is 42.3 Å². The first kappa shape index (κ1) is 12.9. The molecule has 1 aromatic heterocycles. The van der Waals surface area contributed by atoms with Crippen LogP contribution in [0.3, 0.4) is 0 Å². The Bertz CT molecular complexity index is 589. The molecule has 0 spiro atoms. The number of nitrogen functional groups attached to an aromatic ring is 1. The highest BCUT2D eigenvalue weighted by Gasteiger charge is 2.24. The fraction of sp³-hybridized carbons (Fsp3) is 0.500. The van der Waals surface area contributed by atoms with E-state index in [2.05, 4.69) is 15.5 Å². The molecule has 3 rings (SSSR count). The third-order valence-electron chi connectivity index (χ3n) is 3.75. The Kier molecular flexibility index (Phi) is 3.54. The number of aromatic nitrogens is 4. The number of benzene rings is 1. The molecule has 1 aromatic carbocycles. The minimum Gasteiger partial charge on any atom is -0.493 e. The predicted octanol–water partition coefficient (Wildman–Crippen LogP) is 2.44. The van der Waals surface area contributed by atoms with E-state index in [-0.39, 0.29) is 0 Å². The van der Waals surface area contributed by atoms with Crippen LogP contribution in [0.2, 0.25) is 0 Å². The summed E-state index contributed by atoms with van der Waals surface area (Å²) >= 11 is 0. The van der Waals surface area contributed by atoms with Gasteiger partial charge in [0.15, 0.2) is 5.82 Å². The lowest BCUT2D eigenvalue weighted by Gasteiger charge is -2.15. The van der Waals surface area contributed by atoms with Crippen LogP contribution in [0.25, 0.3) is 11.4 Å². The van der Waals surface area contributed by atoms with Gasteiger partial charge >= 0.3 is 0 Å². The molecule has 0 amide bonds. The number of tetrazole rings is 1. The number of nitrogens with zero attached hydrogens (tertiary/aromatic N) is 4. The fourth-order valence-corrected chi connectivity index (χ4v) is 2.82. The predicted molar refractivity (Wildman–Crippen MR) is 76.3 cm³/mol. The van der Waals surface area contributed by atoms with Gasteiger partial charge in [0.25, 0.3) is 0 Å². The summed E-state index contributed by atoms with van der Waals surface area (Å²) in [6.07, 6.45) is 4.70. The van der Waals surface area contributed by atoms with Gasteiger partial charge in [0, 0.05) is 5.69 Å². The van der Waals surface area contributed by atoms with Crippen LogP contribution in [-0.4, -0.2) is 26.8 Å². The van der Waals surface area contributed by atoms with Gasteiger partial charge in [-0.3, -0.25) is 0 Å². The van der Waals surface area contributed by atoms with E-state index in [9.17, 15) is 0 Å². The Morgan fingerprint density at radius 1 is 1.35 bits per heavy atom. The smallest absolute Gasteiger partial charge is 0.188 e. The molecule has 1 aliphatic rings. The lowest BCUT2D eigenvalue weighted by Crippen LogP contribution is -2.10. The molecule has 1 fully saturated rings. The van der Waals surface area contributed by atoms with Gasteiger partial charge < -0.3 is 10.5 Å². The summed E-state index contributed by atoms with van der Waals surface area (Å²) in [7, 11) is 0. The van der Waals surface area contributed by atoms with Crippen molar-refractivity contribution < 1.29 is 4.74 Å². The Balaban J connectivity index is 2.07. The molecule has 2 N–H and O–H groups in total. The minimum absolute atomic E-state index is 0.370. The quantitative estimate of drug-likeness (QED) is 0.865. The van der Waals surface area contributed by atoms with Crippen LogP contribution in [-0.2, 0) is 0 Å². The maximum Gasteiger partial charge on any atom is 0.188 e. The molecule has 0 radical (unpaired) electrons. The zero-order chi connectivity index (χ0) is 13.9. The summed E-state index contributed by atoms with van der Waals surface area (Å²) in [4.78, 5) is 0. The molecule has 0 unspecified atom stereocenters. The third kappa shape index (κ3) is 2.21. The number of ether oxygens (including phenoxy) is 1. The average Bonchev–Trinajstić information content (AvgIpc) is 3.09. The van der Waals surface area contributed by atoms with Crippen molar-refractivity contribution >= 4 is 5.69 Å². The lowest BCUT2D eigenvalue weighted by molar-refractivity contribution is 0.341. The second-order valence-electron chi connectivity index (χ2n) is 5.04. The van der Waals surface area contributed by atoms with E-state index in [1.54, 1.807) is 0 Å². The molecule has 0 aliphatic heterocycles. The zero-order valence-electron chi connectivity index (χ0n) is 11.6. The van der Waals surface area contributed by atoms with Gasteiger partial charge in [0.1, 0.15) is 5.75 Å². The van der Waals surface area contributed by atoms with Gasteiger partial charge in [0.05, 0.1) is 18.2 Å².